The smallest absolute Gasteiger partial charge is 0.263 e. The fraction of sp³-hybridized carbons (Fsp3) is 0.636. The summed E-state index contributed by atoms with van der Waals surface area (Å²) in [5.41, 5.74) is 0.757. The van der Waals surface area contributed by atoms with Crippen molar-refractivity contribution in [1.29, 1.82) is 0 Å². The number of aryl methyl sites for hydroxylation is 2. The fourth-order valence-electron chi connectivity index (χ4n) is 1.96. The molecular weight excluding hydrogens is 241 g/mol. The van der Waals surface area contributed by atoms with Gasteiger partial charge >= 0.3 is 0 Å². The molecule has 1 saturated heterocycles. The van der Waals surface area contributed by atoms with Gasteiger partial charge in [-0.1, -0.05) is 0 Å². The summed E-state index contributed by atoms with van der Waals surface area (Å²) in [5.74, 6) is -0.114. The van der Waals surface area contributed by atoms with Crippen LogP contribution in [-0.2, 0) is 0 Å². The first-order valence-electron chi connectivity index (χ1n) is 5.66. The Labute approximate surface area is 104 Å². The molecule has 1 aromatic rings. The molecule has 0 aromatic carbocycles. The summed E-state index contributed by atoms with van der Waals surface area (Å²) >= 11 is 1.39. The Hall–Kier alpha value is -1.01. The fourth-order valence-corrected chi connectivity index (χ4v) is 2.80. The number of hydrogen-bond donors (Lipinski definition) is 2. The molecule has 17 heavy (non-hydrogen) atoms. The highest BCUT2D eigenvalue weighted by atomic mass is 32.1. The topological polar surface area (TPSA) is 54.0 Å². The molecule has 1 fully saturated rings. The van der Waals surface area contributed by atoms with Crippen LogP contribution < -0.4 is 10.6 Å². The molecule has 0 saturated carbocycles. The van der Waals surface area contributed by atoms with Gasteiger partial charge in [0.2, 0.25) is 0 Å². The first kappa shape index (κ1) is 12.4. The Morgan fingerprint density at radius 1 is 1.65 bits per heavy atom. The van der Waals surface area contributed by atoms with Crippen molar-refractivity contribution >= 4 is 17.2 Å². The zero-order valence-corrected chi connectivity index (χ0v) is 10.7. The average Bonchev–Trinajstić information content (AvgIpc) is 2.81. The third-order valence-electron chi connectivity index (χ3n) is 2.79. The number of hydrogen-bond acceptors (Lipinski definition) is 4. The zero-order valence-electron chi connectivity index (χ0n) is 9.92. The van der Waals surface area contributed by atoms with Crippen molar-refractivity contribution in [3.8, 4) is 0 Å². The van der Waals surface area contributed by atoms with Crippen LogP contribution >= 0.6 is 11.3 Å². The van der Waals surface area contributed by atoms with E-state index in [1.54, 1.807) is 0 Å². The Morgan fingerprint density at radius 3 is 2.94 bits per heavy atom. The predicted octanol–water partition coefficient (Wildman–Crippen LogP) is 1.19. The van der Waals surface area contributed by atoms with E-state index in [2.05, 4.69) is 15.6 Å². The lowest BCUT2D eigenvalue weighted by Crippen LogP contribution is -2.37. The summed E-state index contributed by atoms with van der Waals surface area (Å²) in [4.78, 5) is 16.7. The van der Waals surface area contributed by atoms with Crippen LogP contribution in [0.3, 0.4) is 0 Å². The Morgan fingerprint density at radius 2 is 2.41 bits per heavy atom. The quantitative estimate of drug-likeness (QED) is 0.855. The summed E-state index contributed by atoms with van der Waals surface area (Å²) in [6, 6.07) is 0.0447. The zero-order chi connectivity index (χ0) is 12.4. The van der Waals surface area contributed by atoms with Crippen LogP contribution in [0.15, 0.2) is 0 Å². The molecule has 2 rings (SSSR count). The van der Waals surface area contributed by atoms with Gasteiger partial charge in [-0.05, 0) is 20.3 Å². The van der Waals surface area contributed by atoms with Gasteiger partial charge in [0.05, 0.1) is 10.7 Å². The molecule has 2 atom stereocenters. The molecule has 1 aliphatic heterocycles. The van der Waals surface area contributed by atoms with Gasteiger partial charge in [0.25, 0.3) is 5.91 Å². The largest absolute Gasteiger partial charge is 0.350 e. The van der Waals surface area contributed by atoms with E-state index in [9.17, 15) is 9.18 Å². The number of aromatic nitrogens is 1. The maximum Gasteiger partial charge on any atom is 0.263 e. The van der Waals surface area contributed by atoms with Crippen molar-refractivity contribution in [3.05, 3.63) is 15.6 Å². The highest BCUT2D eigenvalue weighted by molar-refractivity contribution is 7.13. The van der Waals surface area contributed by atoms with Crippen molar-refractivity contribution in [1.82, 2.24) is 15.6 Å². The number of nitrogens with one attached hydrogen (secondary N) is 2. The van der Waals surface area contributed by atoms with Crippen molar-refractivity contribution in [2.45, 2.75) is 32.5 Å². The summed E-state index contributed by atoms with van der Waals surface area (Å²) < 4.78 is 12.9. The predicted molar refractivity (Wildman–Crippen MR) is 65.2 cm³/mol. The number of alkyl halides is 1. The van der Waals surface area contributed by atoms with E-state index in [4.69, 9.17) is 0 Å². The first-order valence-corrected chi connectivity index (χ1v) is 6.47. The van der Waals surface area contributed by atoms with E-state index in [0.29, 0.717) is 24.4 Å². The van der Waals surface area contributed by atoms with Crippen LogP contribution in [-0.4, -0.2) is 36.2 Å². The second-order valence-electron chi connectivity index (χ2n) is 4.30. The molecule has 1 amide bonds. The maximum atomic E-state index is 12.9. The second kappa shape index (κ2) is 5.10. The Balaban J connectivity index is 1.87. The summed E-state index contributed by atoms with van der Waals surface area (Å²) in [6.07, 6.45) is -0.315. The molecule has 0 unspecified atom stereocenters. The molecule has 94 valence electrons. The standard InChI is InChI=1S/C11H16FN3OS/c1-6-10(17-7(2)15-6)11(16)14-5-9-3-8(12)4-13-9/h8-9,13H,3-5H2,1-2H3,(H,14,16)/t8-,9-/m0/s1. The number of amides is 1. The number of nitrogens with zero attached hydrogens (tertiary/aromatic N) is 1. The molecule has 4 nitrogen and oxygen atoms in total. The lowest BCUT2D eigenvalue weighted by atomic mass is 10.2. The van der Waals surface area contributed by atoms with E-state index in [1.165, 1.54) is 11.3 Å². The van der Waals surface area contributed by atoms with Crippen LogP contribution in [0.25, 0.3) is 0 Å². The van der Waals surface area contributed by atoms with Gasteiger partial charge in [0.15, 0.2) is 0 Å². The van der Waals surface area contributed by atoms with E-state index in [0.717, 1.165) is 10.7 Å². The minimum absolute atomic E-state index is 0.0447. The number of carbonyl (C=O) groups excluding carboxylic acids is 1. The van der Waals surface area contributed by atoms with Crippen molar-refractivity contribution < 1.29 is 9.18 Å². The number of thiazole rings is 1. The summed E-state index contributed by atoms with van der Waals surface area (Å²) in [6.45, 7) is 4.55. The molecule has 1 aromatic heterocycles. The lowest BCUT2D eigenvalue weighted by Gasteiger charge is -2.10. The molecule has 6 heteroatoms. The molecule has 2 N–H and O–H groups in total. The van der Waals surface area contributed by atoms with E-state index >= 15 is 0 Å². The Kier molecular flexibility index (Phi) is 3.73. The van der Waals surface area contributed by atoms with Crippen LogP contribution in [0.1, 0.15) is 26.8 Å². The number of carbonyl (C=O) groups is 1. The summed E-state index contributed by atoms with van der Waals surface area (Å²) in [7, 11) is 0. The van der Waals surface area contributed by atoms with Crippen LogP contribution in [0.2, 0.25) is 0 Å². The number of halogens is 1. The van der Waals surface area contributed by atoms with E-state index in [-0.39, 0.29) is 11.9 Å². The normalized spacial score (nSPS) is 23.9. The molecule has 0 radical (unpaired) electrons. The number of rotatable bonds is 3. The Bertz CT molecular complexity index is 421. The third-order valence-corrected chi connectivity index (χ3v) is 3.86. The highest BCUT2D eigenvalue weighted by Gasteiger charge is 2.24. The van der Waals surface area contributed by atoms with Gasteiger partial charge in [0, 0.05) is 19.1 Å². The van der Waals surface area contributed by atoms with Crippen molar-refractivity contribution in [3.63, 3.8) is 0 Å². The van der Waals surface area contributed by atoms with Gasteiger partial charge in [-0.15, -0.1) is 11.3 Å². The molecule has 0 spiro atoms. The van der Waals surface area contributed by atoms with Crippen molar-refractivity contribution in [2.75, 3.05) is 13.1 Å². The van der Waals surface area contributed by atoms with Crippen molar-refractivity contribution in [2.24, 2.45) is 0 Å². The minimum atomic E-state index is -0.788. The minimum Gasteiger partial charge on any atom is -0.350 e. The lowest BCUT2D eigenvalue weighted by molar-refractivity contribution is 0.0953. The summed E-state index contributed by atoms with van der Waals surface area (Å²) in [5, 5.41) is 6.73. The van der Waals surface area contributed by atoms with Crippen LogP contribution in [0.4, 0.5) is 4.39 Å². The van der Waals surface area contributed by atoms with E-state index < -0.39 is 6.17 Å². The molecule has 0 aliphatic carbocycles. The maximum absolute atomic E-state index is 12.9. The van der Waals surface area contributed by atoms with Gasteiger partial charge in [-0.2, -0.15) is 0 Å². The average molecular weight is 257 g/mol. The molecule has 1 aliphatic rings. The second-order valence-corrected chi connectivity index (χ2v) is 5.50. The monoisotopic (exact) mass is 257 g/mol. The van der Waals surface area contributed by atoms with Crippen LogP contribution in [0.5, 0.6) is 0 Å². The van der Waals surface area contributed by atoms with Gasteiger partial charge < -0.3 is 10.6 Å². The molecule has 2 heterocycles. The van der Waals surface area contributed by atoms with Gasteiger partial charge in [0.1, 0.15) is 11.0 Å². The van der Waals surface area contributed by atoms with Gasteiger partial charge in [-0.25, -0.2) is 9.37 Å². The third kappa shape index (κ3) is 3.01. The SMILES string of the molecule is Cc1nc(C)c(C(=O)NC[C@@H]2C[C@H](F)CN2)s1. The first-order chi connectivity index (χ1) is 8.06. The highest BCUT2D eigenvalue weighted by Crippen LogP contribution is 2.17. The molecule has 0 bridgehead atoms. The van der Waals surface area contributed by atoms with Crippen LogP contribution in [0, 0.1) is 13.8 Å². The van der Waals surface area contributed by atoms with E-state index in [1.807, 2.05) is 13.8 Å². The van der Waals surface area contributed by atoms with Gasteiger partial charge in [-0.3, -0.25) is 4.79 Å². The molecular formula is C11H16FN3OS.